The lowest BCUT2D eigenvalue weighted by atomic mass is 10.2. The number of anilines is 2. The lowest BCUT2D eigenvalue weighted by Crippen LogP contribution is -2.34. The Hall–Kier alpha value is -3.30. The second-order valence-electron chi connectivity index (χ2n) is 7.42. The van der Waals surface area contributed by atoms with Gasteiger partial charge in [-0.2, -0.15) is 10.1 Å². The number of aromatic amines is 1. The zero-order valence-electron chi connectivity index (χ0n) is 17.6. The largest absolute Gasteiger partial charge is 0.484 e. The third-order valence-corrected chi connectivity index (χ3v) is 5.29. The topological polar surface area (TPSA) is 110 Å². The Labute approximate surface area is 194 Å². The standard InChI is InChI=1S/C21H21Cl2N7O2/c1-11(2)25-18(31)10-32-12-4-5-13(15(22)8-12)20-27-21(30(3)29-20)26-17-7-6-16-14(19(17)23)9-24-28-16/h4-9,11H,10H2,1-3H3,(H,24,28)(H,25,31)(H,26,27,29). The molecule has 166 valence electrons. The van der Waals surface area contributed by atoms with Crippen LogP contribution in [0.4, 0.5) is 11.6 Å². The Bertz CT molecular complexity index is 1280. The summed E-state index contributed by atoms with van der Waals surface area (Å²) >= 11 is 12.9. The monoisotopic (exact) mass is 473 g/mol. The molecule has 1 amide bonds. The molecule has 0 saturated carbocycles. The molecule has 2 aromatic heterocycles. The van der Waals surface area contributed by atoms with Gasteiger partial charge in [0.15, 0.2) is 12.4 Å². The molecular weight excluding hydrogens is 453 g/mol. The van der Waals surface area contributed by atoms with E-state index >= 15 is 0 Å². The van der Waals surface area contributed by atoms with Crippen LogP contribution in [0.2, 0.25) is 10.0 Å². The minimum atomic E-state index is -0.199. The Morgan fingerprint density at radius 2 is 2.06 bits per heavy atom. The van der Waals surface area contributed by atoms with Gasteiger partial charge < -0.3 is 15.4 Å². The molecule has 2 heterocycles. The number of nitrogens with one attached hydrogen (secondary N) is 3. The quantitative estimate of drug-likeness (QED) is 0.368. The van der Waals surface area contributed by atoms with Crippen molar-refractivity contribution in [2.75, 3.05) is 11.9 Å². The molecule has 0 saturated heterocycles. The number of amides is 1. The van der Waals surface area contributed by atoms with E-state index in [-0.39, 0.29) is 18.6 Å². The molecule has 0 aliphatic carbocycles. The first-order valence-electron chi connectivity index (χ1n) is 9.83. The number of carbonyl (C=O) groups excluding carboxylic acids is 1. The fourth-order valence-electron chi connectivity index (χ4n) is 3.09. The van der Waals surface area contributed by atoms with Gasteiger partial charge in [0.05, 0.1) is 27.4 Å². The molecule has 11 heteroatoms. The number of benzene rings is 2. The van der Waals surface area contributed by atoms with Gasteiger partial charge in [-0.15, -0.1) is 5.10 Å². The van der Waals surface area contributed by atoms with E-state index in [9.17, 15) is 4.79 Å². The smallest absolute Gasteiger partial charge is 0.258 e. The first kappa shape index (κ1) is 21.9. The molecular formula is C21H21Cl2N7O2. The maximum atomic E-state index is 11.8. The van der Waals surface area contributed by atoms with Gasteiger partial charge in [-0.3, -0.25) is 9.89 Å². The van der Waals surface area contributed by atoms with E-state index in [1.807, 2.05) is 26.0 Å². The van der Waals surface area contributed by atoms with E-state index in [2.05, 4.69) is 30.9 Å². The average Bonchev–Trinajstić information content (AvgIpc) is 3.35. The van der Waals surface area contributed by atoms with Crippen LogP contribution in [0.1, 0.15) is 13.8 Å². The molecule has 0 atom stereocenters. The molecule has 2 aromatic carbocycles. The summed E-state index contributed by atoms with van der Waals surface area (Å²) in [4.78, 5) is 16.3. The molecule has 0 bridgehead atoms. The lowest BCUT2D eigenvalue weighted by Gasteiger charge is -2.10. The second-order valence-corrected chi connectivity index (χ2v) is 8.20. The highest BCUT2D eigenvalue weighted by Gasteiger charge is 2.15. The Kier molecular flexibility index (Phi) is 6.20. The van der Waals surface area contributed by atoms with E-state index in [4.69, 9.17) is 27.9 Å². The van der Waals surface area contributed by atoms with Crippen LogP contribution in [-0.2, 0) is 11.8 Å². The van der Waals surface area contributed by atoms with Gasteiger partial charge in [0.1, 0.15) is 5.75 Å². The number of halogens is 2. The molecule has 0 fully saturated rings. The van der Waals surface area contributed by atoms with E-state index in [1.165, 1.54) is 0 Å². The maximum Gasteiger partial charge on any atom is 0.258 e. The number of nitrogens with zero attached hydrogens (tertiary/aromatic N) is 4. The maximum absolute atomic E-state index is 11.8. The summed E-state index contributed by atoms with van der Waals surface area (Å²) in [7, 11) is 1.77. The molecule has 0 unspecified atom stereocenters. The predicted octanol–water partition coefficient (Wildman–Crippen LogP) is 4.31. The first-order valence-corrected chi connectivity index (χ1v) is 10.6. The molecule has 32 heavy (non-hydrogen) atoms. The Morgan fingerprint density at radius 3 is 2.81 bits per heavy atom. The number of aryl methyl sites for hydroxylation is 1. The van der Waals surface area contributed by atoms with Crippen LogP contribution in [-0.4, -0.2) is 43.5 Å². The third-order valence-electron chi connectivity index (χ3n) is 4.57. The molecule has 0 spiro atoms. The van der Waals surface area contributed by atoms with Crippen LogP contribution in [0.15, 0.2) is 36.5 Å². The number of carbonyl (C=O) groups is 1. The van der Waals surface area contributed by atoms with E-state index < -0.39 is 0 Å². The van der Waals surface area contributed by atoms with Crippen LogP contribution in [0.3, 0.4) is 0 Å². The van der Waals surface area contributed by atoms with E-state index in [0.29, 0.717) is 38.8 Å². The number of H-pyrrole nitrogens is 1. The fraction of sp³-hybridized carbons (Fsp3) is 0.238. The van der Waals surface area contributed by atoms with Crippen molar-refractivity contribution in [3.63, 3.8) is 0 Å². The van der Waals surface area contributed by atoms with Crippen molar-refractivity contribution >= 4 is 51.6 Å². The number of rotatable bonds is 7. The second kappa shape index (κ2) is 9.05. The fourth-order valence-corrected chi connectivity index (χ4v) is 3.60. The van der Waals surface area contributed by atoms with Gasteiger partial charge >= 0.3 is 0 Å². The number of aromatic nitrogens is 5. The van der Waals surface area contributed by atoms with Crippen molar-refractivity contribution in [2.24, 2.45) is 7.05 Å². The van der Waals surface area contributed by atoms with Crippen LogP contribution in [0.5, 0.6) is 5.75 Å². The molecule has 3 N–H and O–H groups in total. The van der Waals surface area contributed by atoms with Crippen molar-refractivity contribution in [2.45, 2.75) is 19.9 Å². The number of hydrogen-bond donors (Lipinski definition) is 3. The van der Waals surface area contributed by atoms with E-state index in [1.54, 1.807) is 36.1 Å². The minimum absolute atomic E-state index is 0.0478. The highest BCUT2D eigenvalue weighted by molar-refractivity contribution is 6.38. The lowest BCUT2D eigenvalue weighted by molar-refractivity contribution is -0.123. The van der Waals surface area contributed by atoms with Crippen LogP contribution in [0, 0.1) is 0 Å². The normalized spacial score (nSPS) is 11.2. The van der Waals surface area contributed by atoms with Gasteiger partial charge in [-0.1, -0.05) is 23.2 Å². The van der Waals surface area contributed by atoms with Gasteiger partial charge in [-0.25, -0.2) is 4.68 Å². The summed E-state index contributed by atoms with van der Waals surface area (Å²) in [6.07, 6.45) is 1.67. The first-order chi connectivity index (χ1) is 15.3. The van der Waals surface area contributed by atoms with Gasteiger partial charge in [0.25, 0.3) is 5.91 Å². The molecule has 4 rings (SSSR count). The summed E-state index contributed by atoms with van der Waals surface area (Å²) < 4.78 is 7.11. The van der Waals surface area contributed by atoms with Crippen molar-refractivity contribution in [1.29, 1.82) is 0 Å². The van der Waals surface area contributed by atoms with Crippen molar-refractivity contribution in [3.8, 4) is 17.1 Å². The van der Waals surface area contributed by atoms with Crippen LogP contribution >= 0.6 is 23.2 Å². The number of hydrogen-bond acceptors (Lipinski definition) is 6. The zero-order valence-corrected chi connectivity index (χ0v) is 19.1. The molecule has 0 aliphatic rings. The summed E-state index contributed by atoms with van der Waals surface area (Å²) in [6, 6.07) is 8.87. The molecule has 4 aromatic rings. The minimum Gasteiger partial charge on any atom is -0.484 e. The Morgan fingerprint density at radius 1 is 1.25 bits per heavy atom. The van der Waals surface area contributed by atoms with Crippen molar-refractivity contribution in [1.82, 2.24) is 30.3 Å². The van der Waals surface area contributed by atoms with Gasteiger partial charge in [0, 0.05) is 24.0 Å². The highest BCUT2D eigenvalue weighted by Crippen LogP contribution is 2.33. The summed E-state index contributed by atoms with van der Waals surface area (Å²) in [6.45, 7) is 3.68. The average molecular weight is 474 g/mol. The summed E-state index contributed by atoms with van der Waals surface area (Å²) in [5.41, 5.74) is 2.15. The SMILES string of the molecule is CC(C)NC(=O)COc1ccc(-c2nc(Nc3ccc4[nH]ncc4c3Cl)n(C)n2)c(Cl)c1. The van der Waals surface area contributed by atoms with Crippen LogP contribution < -0.4 is 15.4 Å². The highest BCUT2D eigenvalue weighted by atomic mass is 35.5. The van der Waals surface area contributed by atoms with E-state index in [0.717, 1.165) is 10.9 Å². The summed E-state index contributed by atoms with van der Waals surface area (Å²) in [5, 5.41) is 19.0. The molecule has 0 aliphatic heterocycles. The zero-order chi connectivity index (χ0) is 22.8. The van der Waals surface area contributed by atoms with Gasteiger partial charge in [0.2, 0.25) is 5.95 Å². The number of ether oxygens (including phenoxy) is 1. The number of fused-ring (bicyclic) bond motifs is 1. The van der Waals surface area contributed by atoms with Crippen LogP contribution in [0.25, 0.3) is 22.3 Å². The molecule has 0 radical (unpaired) electrons. The Balaban J connectivity index is 1.51. The molecule has 9 nitrogen and oxygen atoms in total. The third kappa shape index (κ3) is 4.63. The van der Waals surface area contributed by atoms with Crippen molar-refractivity contribution < 1.29 is 9.53 Å². The van der Waals surface area contributed by atoms with Gasteiger partial charge in [-0.05, 0) is 44.2 Å². The predicted molar refractivity (Wildman–Crippen MR) is 125 cm³/mol. The summed E-state index contributed by atoms with van der Waals surface area (Å²) in [5.74, 6) is 1.21. The van der Waals surface area contributed by atoms with Crippen molar-refractivity contribution in [3.05, 3.63) is 46.6 Å².